The minimum Gasteiger partial charge on any atom is -0.337 e. The van der Waals surface area contributed by atoms with Crippen molar-refractivity contribution >= 4 is 5.91 Å². The Morgan fingerprint density at radius 2 is 2.06 bits per heavy atom. The van der Waals surface area contributed by atoms with E-state index in [1.165, 1.54) is 0 Å². The van der Waals surface area contributed by atoms with Crippen molar-refractivity contribution in [3.8, 4) is 6.07 Å². The predicted molar refractivity (Wildman–Crippen MR) is 65.2 cm³/mol. The second-order valence-corrected chi connectivity index (χ2v) is 6.14. The van der Waals surface area contributed by atoms with Crippen LogP contribution in [0.25, 0.3) is 0 Å². The van der Waals surface area contributed by atoms with E-state index in [4.69, 9.17) is 5.26 Å². The van der Waals surface area contributed by atoms with Gasteiger partial charge in [0.25, 0.3) is 0 Å². The van der Waals surface area contributed by atoms with Crippen LogP contribution in [0.1, 0.15) is 33.6 Å². The van der Waals surface area contributed by atoms with Crippen LogP contribution in [0.15, 0.2) is 0 Å². The van der Waals surface area contributed by atoms with Crippen LogP contribution < -0.4 is 0 Å². The van der Waals surface area contributed by atoms with Crippen LogP contribution in [0.5, 0.6) is 0 Å². The molecule has 0 aliphatic carbocycles. The van der Waals surface area contributed by atoms with E-state index < -0.39 is 0 Å². The average Bonchev–Trinajstić information content (AvgIpc) is 2.82. The highest BCUT2D eigenvalue weighted by atomic mass is 16.2. The molecule has 2 atom stereocenters. The Labute approximate surface area is 103 Å². The first-order valence-corrected chi connectivity index (χ1v) is 6.36. The molecule has 2 aliphatic rings. The average molecular weight is 235 g/mol. The van der Waals surface area contributed by atoms with Crippen LogP contribution in [0, 0.1) is 17.2 Å². The topological polar surface area (TPSA) is 47.3 Å². The van der Waals surface area contributed by atoms with E-state index in [2.05, 4.69) is 31.7 Å². The molecule has 1 amide bonds. The Kier molecular flexibility index (Phi) is 3.13. The van der Waals surface area contributed by atoms with E-state index >= 15 is 0 Å². The highest BCUT2D eigenvalue weighted by Crippen LogP contribution is 2.27. The monoisotopic (exact) mass is 235 g/mol. The van der Waals surface area contributed by atoms with E-state index in [0.29, 0.717) is 19.0 Å². The third-order valence-electron chi connectivity index (χ3n) is 3.89. The first kappa shape index (κ1) is 12.4. The second-order valence-electron chi connectivity index (χ2n) is 6.14. The summed E-state index contributed by atoms with van der Waals surface area (Å²) >= 11 is 0. The van der Waals surface area contributed by atoms with Gasteiger partial charge in [0.05, 0.1) is 12.0 Å². The van der Waals surface area contributed by atoms with Gasteiger partial charge in [-0.25, -0.2) is 0 Å². The number of nitrogens with zero attached hydrogens (tertiary/aromatic N) is 3. The zero-order valence-electron chi connectivity index (χ0n) is 10.9. The van der Waals surface area contributed by atoms with Crippen LogP contribution in [-0.2, 0) is 4.79 Å². The molecule has 0 radical (unpaired) electrons. The minimum atomic E-state index is -0.0915. The molecule has 2 aliphatic heterocycles. The van der Waals surface area contributed by atoms with Gasteiger partial charge in [-0.05, 0) is 27.2 Å². The summed E-state index contributed by atoms with van der Waals surface area (Å²) in [4.78, 5) is 16.2. The van der Waals surface area contributed by atoms with Crippen molar-refractivity contribution in [3.05, 3.63) is 0 Å². The van der Waals surface area contributed by atoms with Gasteiger partial charge in [0, 0.05) is 37.6 Å². The predicted octanol–water partition coefficient (Wildman–Crippen LogP) is 1.23. The van der Waals surface area contributed by atoms with Gasteiger partial charge in [-0.15, -0.1) is 0 Å². The van der Waals surface area contributed by atoms with Gasteiger partial charge in [0.15, 0.2) is 0 Å². The number of carbonyl (C=O) groups is 1. The van der Waals surface area contributed by atoms with Crippen LogP contribution >= 0.6 is 0 Å². The number of rotatable bonds is 1. The fraction of sp³-hybridized carbons (Fsp3) is 0.846. The quantitative estimate of drug-likeness (QED) is 0.687. The number of likely N-dealkylation sites (tertiary alicyclic amines) is 2. The van der Waals surface area contributed by atoms with Crippen molar-refractivity contribution in [3.63, 3.8) is 0 Å². The normalized spacial score (nSPS) is 30.9. The van der Waals surface area contributed by atoms with Crippen LogP contribution in [0.4, 0.5) is 0 Å². The molecule has 2 rings (SSSR count). The lowest BCUT2D eigenvalue weighted by Gasteiger charge is -2.32. The maximum absolute atomic E-state index is 11.8. The summed E-state index contributed by atoms with van der Waals surface area (Å²) in [6.07, 6.45) is 1.46. The lowest BCUT2D eigenvalue weighted by molar-refractivity contribution is -0.129. The van der Waals surface area contributed by atoms with Gasteiger partial charge in [-0.3, -0.25) is 9.69 Å². The number of nitriles is 1. The third-order valence-corrected chi connectivity index (χ3v) is 3.89. The van der Waals surface area contributed by atoms with E-state index in [9.17, 15) is 4.79 Å². The van der Waals surface area contributed by atoms with Gasteiger partial charge in [-0.2, -0.15) is 5.26 Å². The van der Waals surface area contributed by atoms with Crippen LogP contribution in [-0.4, -0.2) is 46.9 Å². The Hall–Kier alpha value is -1.08. The lowest BCUT2D eigenvalue weighted by atomic mass is 10.1. The van der Waals surface area contributed by atoms with Gasteiger partial charge in [0.1, 0.15) is 0 Å². The smallest absolute Gasteiger partial charge is 0.224 e. The molecule has 0 N–H and O–H groups in total. The Morgan fingerprint density at radius 1 is 1.35 bits per heavy atom. The number of carbonyl (C=O) groups excluding carboxylic acids is 1. The molecule has 0 aromatic rings. The molecule has 0 aromatic carbocycles. The van der Waals surface area contributed by atoms with E-state index in [-0.39, 0.29) is 17.4 Å². The molecule has 0 spiro atoms. The Bertz CT molecular complexity index is 353. The standard InChI is InChI=1S/C13H21N3O/c1-13(2,3)15-5-4-11(9-15)16-8-10(7-14)6-12(16)17/h10-11H,4-6,8-9H2,1-3H3. The largest absolute Gasteiger partial charge is 0.337 e. The molecule has 0 bridgehead atoms. The number of amides is 1. The summed E-state index contributed by atoms with van der Waals surface area (Å²) in [6, 6.07) is 2.53. The molecule has 0 aromatic heterocycles. The van der Waals surface area contributed by atoms with Crippen LogP contribution in [0.3, 0.4) is 0 Å². The molecule has 17 heavy (non-hydrogen) atoms. The molecular formula is C13H21N3O. The summed E-state index contributed by atoms with van der Waals surface area (Å²) < 4.78 is 0. The van der Waals surface area contributed by atoms with Crippen molar-refractivity contribution in [2.75, 3.05) is 19.6 Å². The third kappa shape index (κ3) is 2.44. The van der Waals surface area contributed by atoms with E-state index in [1.54, 1.807) is 0 Å². The molecule has 94 valence electrons. The molecule has 2 fully saturated rings. The van der Waals surface area contributed by atoms with Crippen molar-refractivity contribution in [2.45, 2.75) is 45.2 Å². The molecule has 0 saturated carbocycles. The molecular weight excluding hydrogens is 214 g/mol. The zero-order valence-corrected chi connectivity index (χ0v) is 10.9. The highest BCUT2D eigenvalue weighted by Gasteiger charge is 2.39. The summed E-state index contributed by atoms with van der Waals surface area (Å²) in [6.45, 7) is 9.26. The summed E-state index contributed by atoms with van der Waals surface area (Å²) in [5, 5.41) is 8.89. The number of hydrogen-bond donors (Lipinski definition) is 0. The molecule has 2 unspecified atom stereocenters. The summed E-state index contributed by atoms with van der Waals surface area (Å²) in [5.74, 6) is 0.0727. The highest BCUT2D eigenvalue weighted by molar-refractivity contribution is 5.79. The molecule has 4 heteroatoms. The SMILES string of the molecule is CC(C)(C)N1CCC(N2CC(C#N)CC2=O)C1. The first-order chi connectivity index (χ1) is 7.91. The van der Waals surface area contributed by atoms with Crippen molar-refractivity contribution in [1.29, 1.82) is 5.26 Å². The van der Waals surface area contributed by atoms with Gasteiger partial charge in [-0.1, -0.05) is 0 Å². The van der Waals surface area contributed by atoms with Gasteiger partial charge >= 0.3 is 0 Å². The fourth-order valence-electron chi connectivity index (χ4n) is 2.78. The van der Waals surface area contributed by atoms with Crippen molar-refractivity contribution in [2.24, 2.45) is 5.92 Å². The maximum Gasteiger partial charge on any atom is 0.224 e. The molecule has 2 heterocycles. The maximum atomic E-state index is 11.8. The Morgan fingerprint density at radius 3 is 2.53 bits per heavy atom. The fourth-order valence-corrected chi connectivity index (χ4v) is 2.78. The molecule has 4 nitrogen and oxygen atoms in total. The second kappa shape index (κ2) is 4.30. The molecule has 2 saturated heterocycles. The lowest BCUT2D eigenvalue weighted by Crippen LogP contribution is -2.43. The number of hydrogen-bond acceptors (Lipinski definition) is 3. The minimum absolute atomic E-state index is 0.0915. The first-order valence-electron chi connectivity index (χ1n) is 6.36. The van der Waals surface area contributed by atoms with Crippen LogP contribution in [0.2, 0.25) is 0 Å². The Balaban J connectivity index is 1.98. The van der Waals surface area contributed by atoms with E-state index in [0.717, 1.165) is 19.5 Å². The van der Waals surface area contributed by atoms with Crippen molar-refractivity contribution in [1.82, 2.24) is 9.80 Å². The van der Waals surface area contributed by atoms with Crippen molar-refractivity contribution < 1.29 is 4.79 Å². The van der Waals surface area contributed by atoms with Gasteiger partial charge in [0.2, 0.25) is 5.91 Å². The summed E-state index contributed by atoms with van der Waals surface area (Å²) in [5.41, 5.74) is 0.173. The zero-order chi connectivity index (χ0) is 12.6. The van der Waals surface area contributed by atoms with Gasteiger partial charge < -0.3 is 4.90 Å². The van der Waals surface area contributed by atoms with E-state index in [1.807, 2.05) is 4.90 Å². The summed E-state index contributed by atoms with van der Waals surface area (Å²) in [7, 11) is 0.